The predicted molar refractivity (Wildman–Crippen MR) is 117 cm³/mol. The Balaban J connectivity index is 2.35. The lowest BCUT2D eigenvalue weighted by molar-refractivity contribution is 0.111. The van der Waals surface area contributed by atoms with Crippen molar-refractivity contribution in [1.82, 2.24) is 5.32 Å². The summed E-state index contributed by atoms with van der Waals surface area (Å²) in [6.07, 6.45) is 3.96. The summed E-state index contributed by atoms with van der Waals surface area (Å²) in [6.45, 7) is 2.87. The van der Waals surface area contributed by atoms with Gasteiger partial charge in [0.1, 0.15) is 18.2 Å². The number of aliphatic imine (C=N–C) groups is 1. The van der Waals surface area contributed by atoms with E-state index in [9.17, 15) is 9.18 Å². The molecule has 0 fully saturated rings. The fourth-order valence-electron chi connectivity index (χ4n) is 2.94. The first kappa shape index (κ1) is 22.6. The second kappa shape index (κ2) is 10.7. The summed E-state index contributed by atoms with van der Waals surface area (Å²) in [7, 11) is 3.41. The topological polar surface area (TPSA) is 76.7 Å². The fourth-order valence-corrected chi connectivity index (χ4v) is 3.22. The quantitative estimate of drug-likeness (QED) is 0.369. The van der Waals surface area contributed by atoms with Crippen molar-refractivity contribution < 1.29 is 13.9 Å². The fraction of sp³-hybridized carbons (Fsp3) is 0.273. The molecule has 0 amide bonds. The van der Waals surface area contributed by atoms with Crippen LogP contribution < -0.4 is 15.8 Å². The van der Waals surface area contributed by atoms with Gasteiger partial charge in [-0.05, 0) is 49.2 Å². The van der Waals surface area contributed by atoms with Crippen molar-refractivity contribution in [2.75, 3.05) is 27.2 Å². The molecule has 7 heteroatoms. The van der Waals surface area contributed by atoms with E-state index >= 15 is 0 Å². The third-order valence-corrected chi connectivity index (χ3v) is 4.97. The van der Waals surface area contributed by atoms with Crippen LogP contribution in [0.1, 0.15) is 32.6 Å². The lowest BCUT2D eigenvalue weighted by atomic mass is 9.96. The molecule has 0 bridgehead atoms. The summed E-state index contributed by atoms with van der Waals surface area (Å²) in [5, 5.41) is 3.37. The van der Waals surface area contributed by atoms with Crippen molar-refractivity contribution in [3.05, 3.63) is 69.1 Å². The first-order valence-electron chi connectivity index (χ1n) is 9.14. The van der Waals surface area contributed by atoms with Gasteiger partial charge < -0.3 is 15.8 Å². The molecular formula is C22H25ClFN3O2. The lowest BCUT2D eigenvalue weighted by Gasteiger charge is -2.16. The highest BCUT2D eigenvalue weighted by molar-refractivity contribution is 6.33. The first-order chi connectivity index (χ1) is 14.0. The van der Waals surface area contributed by atoms with E-state index < -0.39 is 5.82 Å². The third-order valence-electron chi connectivity index (χ3n) is 4.51. The molecule has 0 radical (unpaired) electrons. The minimum absolute atomic E-state index is 0.372. The number of ether oxygens (including phenoxy) is 1. The number of nitrogens with one attached hydrogen (secondary N) is 1. The van der Waals surface area contributed by atoms with Crippen LogP contribution in [0.2, 0.25) is 5.02 Å². The van der Waals surface area contributed by atoms with Gasteiger partial charge >= 0.3 is 0 Å². The molecule has 29 heavy (non-hydrogen) atoms. The molecule has 0 unspecified atom stereocenters. The van der Waals surface area contributed by atoms with Crippen LogP contribution in [0, 0.1) is 12.7 Å². The van der Waals surface area contributed by atoms with Crippen LogP contribution in [-0.2, 0) is 6.42 Å². The number of halogens is 2. The highest BCUT2D eigenvalue weighted by atomic mass is 35.5. The number of carbonyl (C=O) groups excluding carboxylic acids is 1. The van der Waals surface area contributed by atoms with Crippen molar-refractivity contribution >= 4 is 29.7 Å². The zero-order valence-corrected chi connectivity index (χ0v) is 17.5. The molecule has 2 aromatic rings. The van der Waals surface area contributed by atoms with E-state index in [-0.39, 0.29) is 0 Å². The number of likely N-dealkylation sites (N-methyl/N-ethyl adjacent to an activating group) is 1. The minimum atomic E-state index is -0.398. The van der Waals surface area contributed by atoms with Gasteiger partial charge in [0.05, 0.1) is 10.6 Å². The van der Waals surface area contributed by atoms with Crippen molar-refractivity contribution in [2.24, 2.45) is 10.7 Å². The van der Waals surface area contributed by atoms with Crippen molar-refractivity contribution in [1.29, 1.82) is 0 Å². The Bertz CT molecular complexity index is 942. The average molecular weight is 418 g/mol. The van der Waals surface area contributed by atoms with Gasteiger partial charge in [-0.3, -0.25) is 9.79 Å². The van der Waals surface area contributed by atoms with Gasteiger partial charge in [-0.1, -0.05) is 23.7 Å². The molecule has 0 aliphatic heterocycles. The summed E-state index contributed by atoms with van der Waals surface area (Å²) >= 11 is 6.46. The maximum absolute atomic E-state index is 14.6. The number of allylic oxidation sites excluding steroid dienone is 1. The van der Waals surface area contributed by atoms with E-state index in [1.54, 1.807) is 19.2 Å². The number of nitrogens with zero attached hydrogens (tertiary/aromatic N) is 1. The number of aldehydes is 1. The Kier molecular flexibility index (Phi) is 8.36. The van der Waals surface area contributed by atoms with Gasteiger partial charge in [-0.2, -0.15) is 0 Å². The van der Waals surface area contributed by atoms with Crippen LogP contribution >= 0.6 is 11.6 Å². The third kappa shape index (κ3) is 5.43. The molecule has 0 saturated carbocycles. The number of hydrogen-bond acceptors (Lipinski definition) is 5. The molecule has 5 nitrogen and oxygen atoms in total. The Morgan fingerprint density at radius 2 is 2.14 bits per heavy atom. The monoisotopic (exact) mass is 417 g/mol. The molecule has 0 aliphatic rings. The van der Waals surface area contributed by atoms with E-state index in [0.29, 0.717) is 47.0 Å². The summed E-state index contributed by atoms with van der Waals surface area (Å²) in [5.41, 5.74) is 9.18. The van der Waals surface area contributed by atoms with Crippen molar-refractivity contribution in [3.63, 3.8) is 0 Å². The Morgan fingerprint density at radius 3 is 2.72 bits per heavy atom. The summed E-state index contributed by atoms with van der Waals surface area (Å²) in [6, 6.07) is 6.67. The van der Waals surface area contributed by atoms with Crippen LogP contribution in [0.4, 0.5) is 4.39 Å². The highest BCUT2D eigenvalue weighted by Crippen LogP contribution is 2.35. The maximum atomic E-state index is 14.6. The normalized spacial score (nSPS) is 11.8. The van der Waals surface area contributed by atoms with Gasteiger partial charge in [-0.25, -0.2) is 4.39 Å². The summed E-state index contributed by atoms with van der Waals surface area (Å²) < 4.78 is 20.3. The standard InChI is InChI=1S/C22H25ClFN3O2/c1-14-16(10-17(13-28)22(21(14)23)29-7-6-26-2)8-15-4-5-19(20(24)9-15)18(11-25)12-27-3/h4-5,9-13,26H,6-8,25H2,1-3H3/b18-11+,27-12?. The Hall–Kier alpha value is -2.70. The van der Waals surface area contributed by atoms with Crippen molar-refractivity contribution in [3.8, 4) is 5.75 Å². The molecule has 0 spiro atoms. The van der Waals surface area contributed by atoms with Gasteiger partial charge in [0.25, 0.3) is 0 Å². The maximum Gasteiger partial charge on any atom is 0.153 e. The van der Waals surface area contributed by atoms with Crippen LogP contribution in [0.5, 0.6) is 5.75 Å². The molecule has 154 valence electrons. The summed E-state index contributed by atoms with van der Waals surface area (Å²) in [5.74, 6) is -0.0262. The Morgan fingerprint density at radius 1 is 1.38 bits per heavy atom. The zero-order chi connectivity index (χ0) is 21.4. The van der Waals surface area contributed by atoms with Gasteiger partial charge in [0.2, 0.25) is 0 Å². The van der Waals surface area contributed by atoms with Gasteiger partial charge in [-0.15, -0.1) is 0 Å². The Labute approximate surface area is 175 Å². The summed E-state index contributed by atoms with van der Waals surface area (Å²) in [4.78, 5) is 15.4. The average Bonchev–Trinajstić information content (AvgIpc) is 2.71. The molecule has 0 atom stereocenters. The van der Waals surface area contributed by atoms with Gasteiger partial charge in [0.15, 0.2) is 6.29 Å². The molecule has 0 aromatic heterocycles. The van der Waals surface area contributed by atoms with Crippen LogP contribution in [0.3, 0.4) is 0 Å². The number of nitrogens with two attached hydrogens (primary N) is 1. The molecule has 2 aromatic carbocycles. The molecule has 0 aliphatic carbocycles. The molecule has 2 rings (SSSR count). The smallest absolute Gasteiger partial charge is 0.153 e. The number of carbonyl (C=O) groups is 1. The van der Waals surface area contributed by atoms with Crippen molar-refractivity contribution in [2.45, 2.75) is 13.3 Å². The predicted octanol–water partition coefficient (Wildman–Crippen LogP) is 3.79. The number of rotatable bonds is 9. The van der Waals surface area contributed by atoms with E-state index in [1.807, 2.05) is 20.0 Å². The van der Waals surface area contributed by atoms with Crippen LogP contribution in [0.25, 0.3) is 5.57 Å². The molecule has 0 saturated heterocycles. The largest absolute Gasteiger partial charge is 0.490 e. The molecule has 3 N–H and O–H groups in total. The van der Waals surface area contributed by atoms with Crippen LogP contribution in [0.15, 0.2) is 35.5 Å². The van der Waals surface area contributed by atoms with Gasteiger partial charge in [0, 0.05) is 37.1 Å². The number of benzene rings is 2. The second-order valence-corrected chi connectivity index (χ2v) is 6.84. The van der Waals surface area contributed by atoms with E-state index in [0.717, 1.165) is 23.0 Å². The molecule has 0 heterocycles. The van der Waals surface area contributed by atoms with E-state index in [2.05, 4.69) is 10.3 Å². The highest BCUT2D eigenvalue weighted by Gasteiger charge is 2.16. The lowest BCUT2D eigenvalue weighted by Crippen LogP contribution is -2.17. The van der Waals surface area contributed by atoms with E-state index in [1.165, 1.54) is 18.5 Å². The SMILES string of the molecule is CN=C/C(=C\N)c1ccc(Cc2cc(C=O)c(OCCNC)c(Cl)c2C)cc1F. The first-order valence-corrected chi connectivity index (χ1v) is 9.52. The molecular weight excluding hydrogens is 393 g/mol. The minimum Gasteiger partial charge on any atom is -0.490 e. The zero-order valence-electron chi connectivity index (χ0n) is 16.8. The van der Waals surface area contributed by atoms with Crippen LogP contribution in [-0.4, -0.2) is 39.7 Å². The second-order valence-electron chi connectivity index (χ2n) is 6.46. The van der Waals surface area contributed by atoms with E-state index in [4.69, 9.17) is 22.1 Å². The number of hydrogen-bond donors (Lipinski definition) is 2.